The van der Waals surface area contributed by atoms with Crippen LogP contribution in [0.5, 0.6) is 5.75 Å². The summed E-state index contributed by atoms with van der Waals surface area (Å²) < 4.78 is 50.2. The van der Waals surface area contributed by atoms with Crippen molar-refractivity contribution in [3.63, 3.8) is 0 Å². The van der Waals surface area contributed by atoms with Crippen molar-refractivity contribution in [2.24, 2.45) is 0 Å². The SMILES string of the molecule is Nc1n[nH]c2c(OCCCN3CCOCC3)ccc(-c3ccc(NC(=O)Nc4cccc(C(F)(F)F)c4)cc3)c12. The quantitative estimate of drug-likeness (QED) is 0.212. The number of hydrogen-bond acceptors (Lipinski definition) is 6. The fourth-order valence-electron chi connectivity index (χ4n) is 4.59. The number of carbonyl (C=O) groups excluding carboxylic acids is 1. The molecule has 2 amide bonds. The number of nitrogen functional groups attached to an aromatic ring is 1. The molecular weight excluding hydrogens is 525 g/mol. The maximum atomic E-state index is 12.9. The summed E-state index contributed by atoms with van der Waals surface area (Å²) in [5.41, 5.74) is 8.21. The number of carbonyl (C=O) groups is 1. The van der Waals surface area contributed by atoms with Crippen molar-refractivity contribution in [3.8, 4) is 16.9 Å². The minimum Gasteiger partial charge on any atom is -0.491 e. The van der Waals surface area contributed by atoms with E-state index in [0.29, 0.717) is 29.4 Å². The zero-order valence-corrected chi connectivity index (χ0v) is 21.6. The predicted octanol–water partition coefficient (Wildman–Crippen LogP) is 5.58. The number of rotatable bonds is 8. The molecular formula is C28H29F3N6O3. The number of amides is 2. The maximum Gasteiger partial charge on any atom is 0.416 e. The number of anilines is 3. The molecule has 40 heavy (non-hydrogen) atoms. The Morgan fingerprint density at radius 2 is 1.80 bits per heavy atom. The van der Waals surface area contributed by atoms with Crippen molar-refractivity contribution in [2.75, 3.05) is 55.8 Å². The number of morpholine rings is 1. The number of fused-ring (bicyclic) bond motifs is 1. The molecule has 210 valence electrons. The highest BCUT2D eigenvalue weighted by molar-refractivity contribution is 6.04. The Balaban J connectivity index is 1.23. The highest BCUT2D eigenvalue weighted by Crippen LogP contribution is 2.37. The Kier molecular flexibility index (Phi) is 8.08. The molecule has 2 heterocycles. The number of aromatic amines is 1. The number of ether oxygens (including phenoxy) is 2. The molecule has 0 aliphatic carbocycles. The molecule has 5 N–H and O–H groups in total. The summed E-state index contributed by atoms with van der Waals surface area (Å²) in [6, 6.07) is 14.6. The lowest BCUT2D eigenvalue weighted by molar-refractivity contribution is -0.137. The van der Waals surface area contributed by atoms with Crippen molar-refractivity contribution < 1.29 is 27.4 Å². The maximum absolute atomic E-state index is 12.9. The molecule has 3 aromatic carbocycles. The van der Waals surface area contributed by atoms with Crippen LogP contribution in [0.3, 0.4) is 0 Å². The van der Waals surface area contributed by atoms with Crippen LogP contribution in [0.25, 0.3) is 22.0 Å². The van der Waals surface area contributed by atoms with E-state index in [0.717, 1.165) is 67.9 Å². The number of aromatic nitrogens is 2. The largest absolute Gasteiger partial charge is 0.491 e. The van der Waals surface area contributed by atoms with Gasteiger partial charge in [-0.2, -0.15) is 18.3 Å². The van der Waals surface area contributed by atoms with Gasteiger partial charge in [0.2, 0.25) is 0 Å². The van der Waals surface area contributed by atoms with Crippen molar-refractivity contribution >= 4 is 34.1 Å². The third-order valence-electron chi connectivity index (χ3n) is 6.59. The standard InChI is InChI=1S/C28H29F3N6O3/c29-28(30,31)19-3-1-4-21(17-19)34-27(38)33-20-7-5-18(6-8-20)22-9-10-23(25-24(22)26(32)36-35-25)40-14-2-11-37-12-15-39-16-13-37/h1,3-10,17H,2,11-16H2,(H3,32,35,36)(H2,33,34,38). The van der Waals surface area contributed by atoms with Crippen molar-refractivity contribution in [1.29, 1.82) is 0 Å². The van der Waals surface area contributed by atoms with E-state index in [1.165, 1.54) is 12.1 Å². The molecule has 1 aliphatic rings. The highest BCUT2D eigenvalue weighted by Gasteiger charge is 2.30. The second kappa shape index (κ2) is 11.8. The fourth-order valence-corrected chi connectivity index (χ4v) is 4.59. The smallest absolute Gasteiger partial charge is 0.416 e. The first-order valence-corrected chi connectivity index (χ1v) is 12.8. The number of H-pyrrole nitrogens is 1. The molecule has 0 saturated carbocycles. The van der Waals surface area contributed by atoms with Gasteiger partial charge in [0, 0.05) is 31.0 Å². The van der Waals surface area contributed by atoms with Gasteiger partial charge < -0.3 is 25.8 Å². The average molecular weight is 555 g/mol. The van der Waals surface area contributed by atoms with Crippen LogP contribution in [0.15, 0.2) is 60.7 Å². The molecule has 9 nitrogen and oxygen atoms in total. The van der Waals surface area contributed by atoms with Gasteiger partial charge >= 0.3 is 12.2 Å². The number of benzene rings is 3. The first kappa shape index (κ1) is 27.3. The second-order valence-electron chi connectivity index (χ2n) is 9.36. The Labute approximate surface area is 228 Å². The Bertz CT molecular complexity index is 1470. The summed E-state index contributed by atoms with van der Waals surface area (Å²) in [7, 11) is 0. The molecule has 1 aromatic heterocycles. The van der Waals surface area contributed by atoms with Crippen molar-refractivity contribution in [1.82, 2.24) is 15.1 Å². The number of alkyl halides is 3. The zero-order chi connectivity index (χ0) is 28.1. The molecule has 1 saturated heterocycles. The number of nitrogens with zero attached hydrogens (tertiary/aromatic N) is 2. The Morgan fingerprint density at radius 3 is 2.55 bits per heavy atom. The second-order valence-corrected chi connectivity index (χ2v) is 9.36. The van der Waals surface area contributed by atoms with E-state index in [2.05, 4.69) is 25.7 Å². The normalized spacial score (nSPS) is 14.3. The van der Waals surface area contributed by atoms with Gasteiger partial charge in [0.15, 0.2) is 5.82 Å². The van der Waals surface area contributed by atoms with Crippen LogP contribution >= 0.6 is 0 Å². The van der Waals surface area contributed by atoms with Crippen LogP contribution in [-0.4, -0.2) is 60.6 Å². The van der Waals surface area contributed by atoms with Crippen LogP contribution in [0.1, 0.15) is 12.0 Å². The summed E-state index contributed by atoms with van der Waals surface area (Å²) in [6.07, 6.45) is -3.62. The molecule has 1 fully saturated rings. The number of hydrogen-bond donors (Lipinski definition) is 4. The van der Waals surface area contributed by atoms with E-state index in [1.807, 2.05) is 24.3 Å². The van der Waals surface area contributed by atoms with E-state index >= 15 is 0 Å². The van der Waals surface area contributed by atoms with Gasteiger partial charge in [-0.3, -0.25) is 10.00 Å². The van der Waals surface area contributed by atoms with Gasteiger partial charge in [-0.25, -0.2) is 4.79 Å². The molecule has 12 heteroatoms. The fraction of sp³-hybridized carbons (Fsp3) is 0.286. The summed E-state index contributed by atoms with van der Waals surface area (Å²) >= 11 is 0. The first-order chi connectivity index (χ1) is 19.3. The van der Waals surface area contributed by atoms with Gasteiger partial charge in [-0.1, -0.05) is 18.2 Å². The molecule has 0 spiro atoms. The molecule has 0 atom stereocenters. The van der Waals surface area contributed by atoms with Gasteiger partial charge in [-0.05, 0) is 60.0 Å². The van der Waals surface area contributed by atoms with E-state index < -0.39 is 17.8 Å². The van der Waals surface area contributed by atoms with E-state index in [1.54, 1.807) is 12.1 Å². The van der Waals surface area contributed by atoms with Crippen LogP contribution in [0.2, 0.25) is 0 Å². The van der Waals surface area contributed by atoms with Crippen LogP contribution in [0, 0.1) is 0 Å². The van der Waals surface area contributed by atoms with Crippen LogP contribution in [-0.2, 0) is 10.9 Å². The molecule has 1 aliphatic heterocycles. The lowest BCUT2D eigenvalue weighted by Gasteiger charge is -2.26. The zero-order valence-electron chi connectivity index (χ0n) is 21.6. The summed E-state index contributed by atoms with van der Waals surface area (Å²) in [5.74, 6) is 1.00. The first-order valence-electron chi connectivity index (χ1n) is 12.8. The third kappa shape index (κ3) is 6.46. The van der Waals surface area contributed by atoms with Crippen molar-refractivity contribution in [2.45, 2.75) is 12.6 Å². The number of halogens is 3. The number of urea groups is 1. The molecule has 4 aromatic rings. The Morgan fingerprint density at radius 1 is 1.05 bits per heavy atom. The Hall–Kier alpha value is -4.29. The monoisotopic (exact) mass is 554 g/mol. The predicted molar refractivity (Wildman–Crippen MR) is 147 cm³/mol. The molecule has 0 radical (unpaired) electrons. The summed E-state index contributed by atoms with van der Waals surface area (Å²) in [6.45, 7) is 4.89. The van der Waals surface area contributed by atoms with Crippen LogP contribution in [0.4, 0.5) is 35.2 Å². The summed E-state index contributed by atoms with van der Waals surface area (Å²) in [4.78, 5) is 14.7. The molecule has 5 rings (SSSR count). The van der Waals surface area contributed by atoms with Gasteiger partial charge in [0.1, 0.15) is 11.3 Å². The van der Waals surface area contributed by atoms with E-state index in [4.69, 9.17) is 15.2 Å². The van der Waals surface area contributed by atoms with Crippen molar-refractivity contribution in [3.05, 3.63) is 66.2 Å². The lowest BCUT2D eigenvalue weighted by atomic mass is 10.0. The van der Waals surface area contributed by atoms with E-state index in [9.17, 15) is 18.0 Å². The highest BCUT2D eigenvalue weighted by atomic mass is 19.4. The molecule has 0 unspecified atom stereocenters. The summed E-state index contributed by atoms with van der Waals surface area (Å²) in [5, 5.41) is 12.9. The lowest BCUT2D eigenvalue weighted by Crippen LogP contribution is -2.37. The minimum absolute atomic E-state index is 0.0326. The topological polar surface area (TPSA) is 118 Å². The average Bonchev–Trinajstić information content (AvgIpc) is 3.34. The number of nitrogens with two attached hydrogens (primary N) is 1. The van der Waals surface area contributed by atoms with Gasteiger partial charge in [0.05, 0.1) is 30.8 Å². The number of nitrogens with one attached hydrogen (secondary N) is 3. The van der Waals surface area contributed by atoms with E-state index in [-0.39, 0.29) is 5.69 Å². The van der Waals surface area contributed by atoms with Gasteiger partial charge in [-0.15, -0.1) is 0 Å². The third-order valence-corrected chi connectivity index (χ3v) is 6.59. The minimum atomic E-state index is -4.50. The molecule has 0 bridgehead atoms. The van der Waals surface area contributed by atoms with Gasteiger partial charge in [0.25, 0.3) is 0 Å². The van der Waals surface area contributed by atoms with Crippen LogP contribution < -0.4 is 21.1 Å².